The summed E-state index contributed by atoms with van der Waals surface area (Å²) in [6.45, 7) is 2.19. The fourth-order valence-corrected chi connectivity index (χ4v) is 3.23. The number of fused-ring (bicyclic) bond motifs is 1. The quantitative estimate of drug-likeness (QED) is 0.348. The summed E-state index contributed by atoms with van der Waals surface area (Å²) >= 11 is 0. The van der Waals surface area contributed by atoms with Crippen molar-refractivity contribution in [3.8, 4) is 0 Å². The van der Waals surface area contributed by atoms with Crippen molar-refractivity contribution >= 4 is 34.8 Å². The number of benzene rings is 1. The molecule has 162 valence electrons. The maximum Gasteiger partial charge on any atom is 0.326 e. The van der Waals surface area contributed by atoms with E-state index in [2.05, 4.69) is 15.3 Å². The summed E-state index contributed by atoms with van der Waals surface area (Å²) in [7, 11) is 0. The average molecular weight is 427 g/mol. The number of nitrogens with one attached hydrogen (secondary N) is 2. The first kappa shape index (κ1) is 21.6. The Morgan fingerprint density at radius 1 is 1.23 bits per heavy atom. The van der Waals surface area contributed by atoms with E-state index in [1.807, 2.05) is 6.92 Å². The smallest absolute Gasteiger partial charge is 0.326 e. The van der Waals surface area contributed by atoms with E-state index in [-0.39, 0.29) is 29.9 Å². The van der Waals surface area contributed by atoms with Crippen LogP contribution < -0.4 is 16.6 Å². The largest absolute Gasteiger partial charge is 0.481 e. The third kappa shape index (κ3) is 4.89. The zero-order chi connectivity index (χ0) is 22.7. The molecular formula is C20H21N5O6. The van der Waals surface area contributed by atoms with Crippen LogP contribution in [0.3, 0.4) is 0 Å². The van der Waals surface area contributed by atoms with Crippen LogP contribution in [0.2, 0.25) is 0 Å². The van der Waals surface area contributed by atoms with Gasteiger partial charge in [-0.15, -0.1) is 0 Å². The Morgan fingerprint density at radius 3 is 2.52 bits per heavy atom. The molecule has 1 atom stereocenters. The third-order valence-corrected chi connectivity index (χ3v) is 4.79. The summed E-state index contributed by atoms with van der Waals surface area (Å²) in [5.41, 5.74) is 7.94. The monoisotopic (exact) mass is 427 g/mol. The number of aromatic nitrogens is 3. The summed E-state index contributed by atoms with van der Waals surface area (Å²) in [5, 5.41) is 20.2. The summed E-state index contributed by atoms with van der Waals surface area (Å²) in [4.78, 5) is 53.1. The predicted molar refractivity (Wildman–Crippen MR) is 111 cm³/mol. The van der Waals surface area contributed by atoms with Crippen LogP contribution in [0, 0.1) is 6.92 Å². The fourth-order valence-electron chi connectivity index (χ4n) is 3.23. The van der Waals surface area contributed by atoms with Crippen molar-refractivity contribution in [3.63, 3.8) is 0 Å². The van der Waals surface area contributed by atoms with E-state index in [4.69, 9.17) is 10.8 Å². The van der Waals surface area contributed by atoms with Gasteiger partial charge in [0, 0.05) is 24.2 Å². The minimum absolute atomic E-state index is 0.0352. The van der Waals surface area contributed by atoms with Gasteiger partial charge >= 0.3 is 11.9 Å². The first-order valence-corrected chi connectivity index (χ1v) is 9.35. The SMILES string of the molecule is Cc1cc2nc(N)[nH]c(=O)c2n1Cc1ccc(C(=O)N[C@@H](CCC(=O)O)C(=O)O)cc1. The number of carboxylic acid groups (broad SMARTS) is 2. The highest BCUT2D eigenvalue weighted by Gasteiger charge is 2.21. The van der Waals surface area contributed by atoms with Crippen LogP contribution in [0.5, 0.6) is 0 Å². The van der Waals surface area contributed by atoms with Crippen LogP contribution >= 0.6 is 0 Å². The van der Waals surface area contributed by atoms with Crippen LogP contribution in [-0.4, -0.2) is 48.6 Å². The maximum atomic E-state index is 12.3. The van der Waals surface area contributed by atoms with Crippen molar-refractivity contribution in [2.75, 3.05) is 5.73 Å². The van der Waals surface area contributed by atoms with Crippen molar-refractivity contribution in [2.45, 2.75) is 32.4 Å². The van der Waals surface area contributed by atoms with Crippen molar-refractivity contribution in [2.24, 2.45) is 0 Å². The normalized spacial score (nSPS) is 11.9. The minimum atomic E-state index is -1.30. The molecule has 11 nitrogen and oxygen atoms in total. The Balaban J connectivity index is 1.76. The number of hydrogen-bond donors (Lipinski definition) is 5. The molecule has 0 unspecified atom stereocenters. The van der Waals surface area contributed by atoms with Gasteiger partial charge in [0.25, 0.3) is 11.5 Å². The molecule has 2 heterocycles. The second kappa shape index (κ2) is 8.69. The number of aromatic amines is 1. The van der Waals surface area contributed by atoms with E-state index >= 15 is 0 Å². The number of carboxylic acids is 2. The number of nitrogens with zero attached hydrogens (tertiary/aromatic N) is 2. The van der Waals surface area contributed by atoms with Crippen molar-refractivity contribution < 1.29 is 24.6 Å². The molecule has 0 aliphatic rings. The molecule has 1 aromatic carbocycles. The lowest BCUT2D eigenvalue weighted by Crippen LogP contribution is -2.41. The average Bonchev–Trinajstić information content (AvgIpc) is 3.00. The number of hydrogen-bond acceptors (Lipinski definition) is 6. The highest BCUT2D eigenvalue weighted by Crippen LogP contribution is 2.17. The minimum Gasteiger partial charge on any atom is -0.481 e. The van der Waals surface area contributed by atoms with E-state index in [1.54, 1.807) is 22.8 Å². The predicted octanol–water partition coefficient (Wildman–Crippen LogP) is 0.711. The molecule has 31 heavy (non-hydrogen) atoms. The Kier molecular flexibility index (Phi) is 6.05. The van der Waals surface area contributed by atoms with Gasteiger partial charge in [-0.3, -0.25) is 19.4 Å². The van der Waals surface area contributed by atoms with E-state index in [1.165, 1.54) is 12.1 Å². The van der Waals surface area contributed by atoms with Crippen molar-refractivity contribution in [3.05, 3.63) is 57.5 Å². The highest BCUT2D eigenvalue weighted by molar-refractivity contribution is 5.96. The Morgan fingerprint density at radius 2 is 1.90 bits per heavy atom. The molecule has 0 bridgehead atoms. The first-order chi connectivity index (χ1) is 14.7. The third-order valence-electron chi connectivity index (χ3n) is 4.79. The number of nitrogens with two attached hydrogens (primary N) is 1. The lowest BCUT2D eigenvalue weighted by Gasteiger charge is -2.14. The van der Waals surface area contributed by atoms with Gasteiger partial charge in [-0.1, -0.05) is 12.1 Å². The number of amides is 1. The number of H-pyrrole nitrogens is 1. The summed E-state index contributed by atoms with van der Waals surface area (Å²) in [6, 6.07) is 6.89. The molecule has 2 aromatic heterocycles. The number of aliphatic carboxylic acids is 2. The number of nitrogen functional groups attached to an aromatic ring is 1. The molecule has 0 saturated carbocycles. The molecule has 0 aliphatic heterocycles. The van der Waals surface area contributed by atoms with E-state index in [0.29, 0.717) is 17.6 Å². The van der Waals surface area contributed by atoms with Crippen LogP contribution in [0.4, 0.5) is 5.95 Å². The standard InChI is InChI=1S/C20H21N5O6/c1-10-8-14-16(18(29)24-20(21)23-14)25(10)9-11-2-4-12(5-3-11)17(28)22-13(19(30)31)6-7-15(26)27/h2-5,8,13H,6-7,9H2,1H3,(H,22,28)(H,26,27)(H,30,31)(H3,21,23,24,29)/t13-/m0/s1. The molecule has 0 saturated heterocycles. The van der Waals surface area contributed by atoms with Gasteiger partial charge in [0.2, 0.25) is 5.95 Å². The van der Waals surface area contributed by atoms with Gasteiger partial charge in [-0.05, 0) is 37.1 Å². The Bertz CT molecular complexity index is 1210. The Hall–Kier alpha value is -4.15. The van der Waals surface area contributed by atoms with E-state index in [9.17, 15) is 24.3 Å². The molecule has 3 rings (SSSR count). The second-order valence-electron chi connectivity index (χ2n) is 7.05. The highest BCUT2D eigenvalue weighted by atomic mass is 16.4. The second-order valence-corrected chi connectivity index (χ2v) is 7.05. The first-order valence-electron chi connectivity index (χ1n) is 9.35. The molecule has 0 spiro atoms. The van der Waals surface area contributed by atoms with Crippen LogP contribution in [0.25, 0.3) is 11.0 Å². The molecular weight excluding hydrogens is 406 g/mol. The van der Waals surface area contributed by atoms with Crippen LogP contribution in [0.1, 0.15) is 34.5 Å². The van der Waals surface area contributed by atoms with Crippen LogP contribution in [-0.2, 0) is 16.1 Å². The summed E-state index contributed by atoms with van der Waals surface area (Å²) in [5.74, 6) is -3.04. The van der Waals surface area contributed by atoms with Gasteiger partial charge in [0.15, 0.2) is 0 Å². The molecule has 11 heteroatoms. The molecule has 6 N–H and O–H groups in total. The van der Waals surface area contributed by atoms with Crippen molar-refractivity contribution in [1.82, 2.24) is 19.9 Å². The topological polar surface area (TPSA) is 180 Å². The van der Waals surface area contributed by atoms with Gasteiger partial charge in [0.05, 0.1) is 5.52 Å². The van der Waals surface area contributed by atoms with E-state index < -0.39 is 23.9 Å². The van der Waals surface area contributed by atoms with E-state index in [0.717, 1.165) is 11.3 Å². The molecule has 3 aromatic rings. The number of carbonyl (C=O) groups excluding carboxylic acids is 1. The van der Waals surface area contributed by atoms with Gasteiger partial charge in [-0.25, -0.2) is 9.78 Å². The number of aryl methyl sites for hydroxylation is 1. The van der Waals surface area contributed by atoms with Crippen LogP contribution in [0.15, 0.2) is 35.1 Å². The van der Waals surface area contributed by atoms with Gasteiger partial charge in [0.1, 0.15) is 11.6 Å². The number of anilines is 1. The molecule has 0 radical (unpaired) electrons. The number of carbonyl (C=O) groups is 3. The summed E-state index contributed by atoms with van der Waals surface area (Å²) < 4.78 is 1.78. The molecule has 1 amide bonds. The molecule has 0 fully saturated rings. The van der Waals surface area contributed by atoms with Gasteiger partial charge in [-0.2, -0.15) is 0 Å². The zero-order valence-electron chi connectivity index (χ0n) is 16.6. The van der Waals surface area contributed by atoms with Crippen molar-refractivity contribution in [1.29, 1.82) is 0 Å². The fraction of sp³-hybridized carbons (Fsp3) is 0.250. The summed E-state index contributed by atoms with van der Waals surface area (Å²) in [6.07, 6.45) is -0.596. The maximum absolute atomic E-state index is 12.3. The zero-order valence-corrected chi connectivity index (χ0v) is 16.6. The Labute approximate surface area is 175 Å². The lowest BCUT2D eigenvalue weighted by atomic mass is 10.1. The van der Waals surface area contributed by atoms with Gasteiger partial charge < -0.3 is 25.8 Å². The number of rotatable bonds is 8. The lowest BCUT2D eigenvalue weighted by molar-refractivity contribution is -0.140. The molecule has 0 aliphatic carbocycles.